The molecular weight excluding hydrogens is 308 g/mol. The summed E-state index contributed by atoms with van der Waals surface area (Å²) in [7, 11) is 0. The van der Waals surface area contributed by atoms with E-state index in [2.05, 4.69) is 6.58 Å². The molecule has 5 heteroatoms. The highest BCUT2D eigenvalue weighted by Crippen LogP contribution is 2.76. The molecule has 4 aliphatic carbocycles. The third-order valence-electron chi connectivity index (χ3n) is 8.02. The van der Waals surface area contributed by atoms with Crippen LogP contribution in [0.15, 0.2) is 24.3 Å². The number of aliphatic hydroxyl groups excluding tert-OH is 1. The second kappa shape index (κ2) is 3.96. The van der Waals surface area contributed by atoms with E-state index in [1.165, 1.54) is 0 Å². The number of esters is 1. The Labute approximate surface area is 140 Å². The second-order valence-corrected chi connectivity index (χ2v) is 8.72. The Kier molecular flexibility index (Phi) is 2.42. The molecule has 5 rings (SSSR count). The zero-order valence-corrected chi connectivity index (χ0v) is 13.7. The van der Waals surface area contributed by atoms with Gasteiger partial charge in [0.2, 0.25) is 0 Å². The smallest absolute Gasteiger partial charge is 0.316 e. The van der Waals surface area contributed by atoms with Crippen LogP contribution in [0, 0.1) is 34.5 Å². The largest absolute Gasteiger partial charge is 0.481 e. The fraction of sp³-hybridized carbons (Fsp3) is 0.684. The maximum absolute atomic E-state index is 12.7. The number of carbonyl (C=O) groups is 2. The minimum Gasteiger partial charge on any atom is -0.481 e. The highest BCUT2D eigenvalue weighted by Gasteiger charge is 2.82. The van der Waals surface area contributed by atoms with Crippen LogP contribution in [-0.2, 0) is 14.3 Å². The molecule has 1 heterocycles. The van der Waals surface area contributed by atoms with E-state index in [1.54, 1.807) is 13.0 Å². The number of hydrogen-bond donors (Lipinski definition) is 2. The first kappa shape index (κ1) is 14.7. The molecule has 1 unspecified atom stereocenters. The Morgan fingerprint density at radius 3 is 2.88 bits per heavy atom. The van der Waals surface area contributed by atoms with Crippen molar-refractivity contribution in [3.63, 3.8) is 0 Å². The molecule has 5 aliphatic rings. The summed E-state index contributed by atoms with van der Waals surface area (Å²) in [6.07, 6.45) is 5.83. The lowest BCUT2D eigenvalue weighted by Gasteiger charge is -2.42. The summed E-state index contributed by atoms with van der Waals surface area (Å²) in [5.41, 5.74) is -1.30. The molecule has 1 saturated heterocycles. The Balaban J connectivity index is 1.78. The molecule has 0 aromatic heterocycles. The molecule has 128 valence electrons. The van der Waals surface area contributed by atoms with Gasteiger partial charge in [-0.05, 0) is 50.0 Å². The van der Waals surface area contributed by atoms with Crippen molar-refractivity contribution in [1.29, 1.82) is 0 Å². The zero-order chi connectivity index (χ0) is 17.1. The number of carboxylic acid groups (broad SMARTS) is 1. The Morgan fingerprint density at radius 1 is 1.42 bits per heavy atom. The van der Waals surface area contributed by atoms with E-state index in [4.69, 9.17) is 4.74 Å². The van der Waals surface area contributed by atoms with Crippen LogP contribution in [0.25, 0.3) is 0 Å². The predicted octanol–water partition coefficient (Wildman–Crippen LogP) is 1.91. The van der Waals surface area contributed by atoms with Gasteiger partial charge in [0, 0.05) is 11.8 Å². The van der Waals surface area contributed by atoms with Gasteiger partial charge in [-0.3, -0.25) is 9.59 Å². The summed E-state index contributed by atoms with van der Waals surface area (Å²) in [6.45, 7) is 5.88. The molecule has 24 heavy (non-hydrogen) atoms. The highest BCUT2D eigenvalue weighted by atomic mass is 16.6. The van der Waals surface area contributed by atoms with Crippen LogP contribution in [0.4, 0.5) is 0 Å². The quantitative estimate of drug-likeness (QED) is 0.567. The molecule has 1 spiro atoms. The number of fused-ring (bicyclic) bond motifs is 1. The maximum Gasteiger partial charge on any atom is 0.316 e. The van der Waals surface area contributed by atoms with E-state index in [-0.39, 0.29) is 5.92 Å². The summed E-state index contributed by atoms with van der Waals surface area (Å²) < 4.78 is 5.92. The number of rotatable bonds is 1. The molecule has 0 radical (unpaired) electrons. The Morgan fingerprint density at radius 2 is 2.17 bits per heavy atom. The number of carboxylic acids is 1. The van der Waals surface area contributed by atoms with Gasteiger partial charge in [0.15, 0.2) is 0 Å². The second-order valence-electron chi connectivity index (χ2n) is 8.72. The minimum absolute atomic E-state index is 0.00104. The summed E-state index contributed by atoms with van der Waals surface area (Å²) in [5.74, 6) is -2.12. The van der Waals surface area contributed by atoms with E-state index in [0.29, 0.717) is 12.3 Å². The van der Waals surface area contributed by atoms with Crippen molar-refractivity contribution in [2.75, 3.05) is 0 Å². The van der Waals surface area contributed by atoms with Crippen molar-refractivity contribution in [2.45, 2.75) is 44.3 Å². The van der Waals surface area contributed by atoms with Crippen LogP contribution in [-0.4, -0.2) is 33.9 Å². The van der Waals surface area contributed by atoms with E-state index in [0.717, 1.165) is 24.8 Å². The number of ether oxygens (including phenoxy) is 1. The third-order valence-corrected chi connectivity index (χ3v) is 8.02. The standard InChI is InChI=1S/C19H22O5/c1-9-7-18-8-10(9)3-4-11(18)19-6-5-12(20)17(2,16(23)24-19)14(19)13(18)15(21)22/h5-6,10-14,20H,1,3-4,7-8H2,2H3,(H,21,22)/t10-,11-,12+,13-,14-,17?,18+,19-/m1/s1. The van der Waals surface area contributed by atoms with E-state index in [9.17, 15) is 19.8 Å². The van der Waals surface area contributed by atoms with Crippen LogP contribution in [0.3, 0.4) is 0 Å². The molecule has 4 fully saturated rings. The number of allylic oxidation sites excluding steroid dienone is 1. The number of carbonyl (C=O) groups excluding carboxylic acids is 1. The van der Waals surface area contributed by atoms with Gasteiger partial charge >= 0.3 is 11.9 Å². The Bertz CT molecular complexity index is 725. The molecule has 4 bridgehead atoms. The van der Waals surface area contributed by atoms with Gasteiger partial charge in [-0.1, -0.05) is 18.2 Å². The summed E-state index contributed by atoms with van der Waals surface area (Å²) in [5, 5.41) is 20.7. The topological polar surface area (TPSA) is 83.8 Å². The highest BCUT2D eigenvalue weighted by molar-refractivity contribution is 5.86. The van der Waals surface area contributed by atoms with E-state index >= 15 is 0 Å². The van der Waals surface area contributed by atoms with Crippen molar-refractivity contribution in [3.8, 4) is 0 Å². The fourth-order valence-electron chi connectivity index (χ4n) is 7.14. The van der Waals surface area contributed by atoms with Crippen LogP contribution >= 0.6 is 0 Å². The predicted molar refractivity (Wildman–Crippen MR) is 83.7 cm³/mol. The van der Waals surface area contributed by atoms with Gasteiger partial charge in [-0.2, -0.15) is 0 Å². The molecule has 0 aromatic carbocycles. The first-order valence-corrected chi connectivity index (χ1v) is 8.79. The first-order chi connectivity index (χ1) is 11.3. The SMILES string of the molecule is C=C1C[C@]23C[C@H]1CC[C@H]2[C@@]12C=C[C@H](O)C(C)(C(=O)O1)[C@H]2[C@@H]3C(=O)O. The molecule has 8 atom stereocenters. The summed E-state index contributed by atoms with van der Waals surface area (Å²) >= 11 is 0. The summed E-state index contributed by atoms with van der Waals surface area (Å²) in [6, 6.07) is 0. The van der Waals surface area contributed by atoms with Gasteiger partial charge < -0.3 is 14.9 Å². The van der Waals surface area contributed by atoms with Gasteiger partial charge in [-0.15, -0.1) is 0 Å². The molecule has 3 saturated carbocycles. The molecular formula is C19H22O5. The zero-order valence-electron chi connectivity index (χ0n) is 13.7. The lowest BCUT2D eigenvalue weighted by molar-refractivity contribution is -0.161. The average molecular weight is 330 g/mol. The third kappa shape index (κ3) is 1.25. The van der Waals surface area contributed by atoms with E-state index < -0.39 is 46.3 Å². The van der Waals surface area contributed by atoms with Gasteiger partial charge in [0.05, 0.1) is 12.0 Å². The molecule has 5 nitrogen and oxygen atoms in total. The van der Waals surface area contributed by atoms with Gasteiger partial charge in [-0.25, -0.2) is 0 Å². The van der Waals surface area contributed by atoms with Crippen LogP contribution < -0.4 is 0 Å². The van der Waals surface area contributed by atoms with Crippen molar-refractivity contribution in [2.24, 2.45) is 34.5 Å². The Hall–Kier alpha value is -1.62. The van der Waals surface area contributed by atoms with Crippen molar-refractivity contribution >= 4 is 11.9 Å². The van der Waals surface area contributed by atoms with Crippen LogP contribution in [0.2, 0.25) is 0 Å². The minimum atomic E-state index is -1.18. The molecule has 1 aliphatic heterocycles. The monoisotopic (exact) mass is 330 g/mol. The lowest BCUT2D eigenvalue weighted by Crippen LogP contribution is -2.50. The molecule has 0 amide bonds. The van der Waals surface area contributed by atoms with Crippen molar-refractivity contribution < 1.29 is 24.5 Å². The molecule has 2 N–H and O–H groups in total. The van der Waals surface area contributed by atoms with E-state index in [1.807, 2.05) is 6.08 Å². The number of hydrogen-bond acceptors (Lipinski definition) is 4. The summed E-state index contributed by atoms with van der Waals surface area (Å²) in [4.78, 5) is 25.0. The van der Waals surface area contributed by atoms with Crippen molar-refractivity contribution in [3.05, 3.63) is 24.3 Å². The normalized spacial score (nSPS) is 56.8. The fourth-order valence-corrected chi connectivity index (χ4v) is 7.14. The van der Waals surface area contributed by atoms with Crippen LogP contribution in [0.1, 0.15) is 32.6 Å². The number of aliphatic carboxylic acids is 1. The first-order valence-electron chi connectivity index (χ1n) is 8.79. The van der Waals surface area contributed by atoms with Gasteiger partial charge in [0.25, 0.3) is 0 Å². The number of aliphatic hydroxyl groups is 1. The lowest BCUT2D eigenvalue weighted by atomic mass is 9.61. The maximum atomic E-state index is 12.7. The average Bonchev–Trinajstić information content (AvgIpc) is 2.98. The van der Waals surface area contributed by atoms with Gasteiger partial charge in [0.1, 0.15) is 11.0 Å². The molecule has 0 aromatic rings. The van der Waals surface area contributed by atoms with Crippen LogP contribution in [0.5, 0.6) is 0 Å². The van der Waals surface area contributed by atoms with Crippen molar-refractivity contribution in [1.82, 2.24) is 0 Å².